The molecule has 0 N–H and O–H groups in total. The molecule has 6 heterocycles. The van der Waals surface area contributed by atoms with Gasteiger partial charge in [0.25, 0.3) is 0 Å². The van der Waals surface area contributed by atoms with Crippen molar-refractivity contribution in [1.29, 1.82) is 0 Å². The molecule has 0 fully saturated rings. The zero-order chi connectivity index (χ0) is 27.4. The number of hydrogen-bond donors (Lipinski definition) is 0. The molecule has 0 unspecified atom stereocenters. The molecule has 0 bridgehead atoms. The van der Waals surface area contributed by atoms with Crippen molar-refractivity contribution >= 4 is 45.3 Å². The molecule has 0 aliphatic carbocycles. The van der Waals surface area contributed by atoms with Crippen molar-refractivity contribution in [2.24, 2.45) is 0 Å². The Hall–Kier alpha value is -3.42. The highest BCUT2D eigenvalue weighted by Gasteiger charge is 2.19. The van der Waals surface area contributed by atoms with E-state index >= 15 is 0 Å². The van der Waals surface area contributed by atoms with Crippen LogP contribution in [0, 0.1) is 27.7 Å². The number of aryl methyl sites for hydroxylation is 4. The summed E-state index contributed by atoms with van der Waals surface area (Å²) in [4.78, 5) is 10.5. The number of nitrogens with zero attached hydrogens (tertiary/aromatic N) is 2. The average Bonchev–Trinajstić information content (AvgIpc) is 3.76. The van der Waals surface area contributed by atoms with Crippen molar-refractivity contribution in [3.05, 3.63) is 117 Å². The van der Waals surface area contributed by atoms with Crippen LogP contribution >= 0.6 is 45.3 Å². The van der Waals surface area contributed by atoms with Crippen LogP contribution in [-0.4, -0.2) is 9.13 Å². The molecule has 40 heavy (non-hydrogen) atoms. The third-order valence-corrected chi connectivity index (χ3v) is 11.2. The lowest BCUT2D eigenvalue weighted by Crippen LogP contribution is -2.01. The highest BCUT2D eigenvalue weighted by molar-refractivity contribution is 7.16. The first-order valence-electron chi connectivity index (χ1n) is 13.3. The Kier molecular flexibility index (Phi) is 6.51. The van der Waals surface area contributed by atoms with Gasteiger partial charge in [-0.2, -0.15) is 0 Å². The van der Waals surface area contributed by atoms with Gasteiger partial charge in [0.05, 0.1) is 42.3 Å². The van der Waals surface area contributed by atoms with E-state index in [9.17, 15) is 0 Å². The highest BCUT2D eigenvalue weighted by atomic mass is 32.1. The fourth-order valence-corrected chi connectivity index (χ4v) is 8.77. The summed E-state index contributed by atoms with van der Waals surface area (Å²) in [5, 5.41) is 0. The van der Waals surface area contributed by atoms with Crippen LogP contribution < -0.4 is 0 Å². The van der Waals surface area contributed by atoms with Crippen molar-refractivity contribution in [1.82, 2.24) is 9.13 Å². The van der Waals surface area contributed by atoms with Gasteiger partial charge in [0, 0.05) is 30.9 Å². The van der Waals surface area contributed by atoms with Crippen LogP contribution in [0.2, 0.25) is 0 Å². The van der Waals surface area contributed by atoms with Crippen molar-refractivity contribution < 1.29 is 0 Å². The summed E-state index contributed by atoms with van der Waals surface area (Å²) < 4.78 is 4.84. The minimum atomic E-state index is 1.17. The van der Waals surface area contributed by atoms with Gasteiger partial charge < -0.3 is 9.13 Å². The van der Waals surface area contributed by atoms with Crippen molar-refractivity contribution in [2.75, 3.05) is 0 Å². The summed E-state index contributed by atoms with van der Waals surface area (Å²) in [6.07, 6.45) is 0. The van der Waals surface area contributed by atoms with Crippen LogP contribution in [0.1, 0.15) is 19.5 Å². The Bertz CT molecular complexity index is 1690. The van der Waals surface area contributed by atoms with E-state index in [0.717, 1.165) is 0 Å². The lowest BCUT2D eigenvalue weighted by molar-refractivity contribution is 1.07. The Morgan fingerprint density at radius 3 is 0.775 bits per heavy atom. The maximum atomic E-state index is 2.42. The first-order valence-corrected chi connectivity index (χ1v) is 16.5. The average molecular weight is 593 g/mol. The van der Waals surface area contributed by atoms with Crippen molar-refractivity contribution in [3.8, 4) is 53.7 Å². The van der Waals surface area contributed by atoms with Crippen LogP contribution in [0.25, 0.3) is 53.7 Å². The molecule has 7 aromatic rings. The summed E-state index contributed by atoms with van der Waals surface area (Å²) in [6, 6.07) is 36.0. The van der Waals surface area contributed by atoms with E-state index in [1.807, 2.05) is 45.3 Å². The normalized spacial score (nSPS) is 11.5. The van der Waals surface area contributed by atoms with Crippen molar-refractivity contribution in [2.45, 2.75) is 27.7 Å². The maximum Gasteiger partial charge on any atom is 0.0635 e. The molecule has 0 saturated heterocycles. The summed E-state index contributed by atoms with van der Waals surface area (Å²) in [5.74, 6) is 0. The number of aromatic nitrogens is 2. The van der Waals surface area contributed by atoms with E-state index in [2.05, 4.69) is 134 Å². The predicted octanol–water partition coefficient (Wildman–Crippen LogP) is 11.4. The Morgan fingerprint density at radius 1 is 0.325 bits per heavy atom. The van der Waals surface area contributed by atoms with E-state index in [1.165, 1.54) is 73.2 Å². The van der Waals surface area contributed by atoms with Gasteiger partial charge in [0.1, 0.15) is 0 Å². The molecular weight excluding hydrogens is 565 g/mol. The van der Waals surface area contributed by atoms with Gasteiger partial charge in [-0.15, -0.1) is 45.3 Å². The standard InChI is InChI=1S/C34H28N2S4/c1-21-5-17-31(37-21)27-13-14-28(32-18-6-22(2)38-32)35(27)25-9-11-26(12-10-25)36-29(33-19-7-23(3)39-33)15-16-30(36)34-20-8-24(4)40-34/h5-20H,1-4H3. The fraction of sp³-hybridized carbons (Fsp3) is 0.118. The molecule has 0 radical (unpaired) electrons. The summed E-state index contributed by atoms with van der Waals surface area (Å²) in [7, 11) is 0. The van der Waals surface area contributed by atoms with E-state index < -0.39 is 0 Å². The molecule has 0 spiro atoms. The second-order valence-electron chi connectivity index (χ2n) is 10.0. The van der Waals surface area contributed by atoms with E-state index in [1.54, 1.807) is 0 Å². The molecule has 7 rings (SSSR count). The van der Waals surface area contributed by atoms with Gasteiger partial charge in [-0.05, 0) is 125 Å². The van der Waals surface area contributed by atoms with Crippen LogP contribution in [0.3, 0.4) is 0 Å². The van der Waals surface area contributed by atoms with Gasteiger partial charge in [0.15, 0.2) is 0 Å². The Balaban J connectivity index is 1.38. The third-order valence-electron chi connectivity index (χ3n) is 7.10. The molecule has 0 atom stereocenters. The van der Waals surface area contributed by atoms with Crippen LogP contribution in [0.15, 0.2) is 97.1 Å². The minimum absolute atomic E-state index is 1.17. The molecule has 6 heteroatoms. The number of benzene rings is 1. The van der Waals surface area contributed by atoms with Gasteiger partial charge in [-0.3, -0.25) is 0 Å². The van der Waals surface area contributed by atoms with Gasteiger partial charge in [-0.1, -0.05) is 0 Å². The zero-order valence-electron chi connectivity index (χ0n) is 22.8. The Morgan fingerprint density at radius 2 is 0.575 bits per heavy atom. The summed E-state index contributed by atoms with van der Waals surface area (Å²) >= 11 is 7.39. The van der Waals surface area contributed by atoms with Gasteiger partial charge in [0.2, 0.25) is 0 Å². The number of thiophene rings is 4. The van der Waals surface area contributed by atoms with Crippen molar-refractivity contribution in [3.63, 3.8) is 0 Å². The topological polar surface area (TPSA) is 9.86 Å². The second-order valence-corrected chi connectivity index (χ2v) is 15.2. The summed E-state index contributed by atoms with van der Waals surface area (Å²) in [6.45, 7) is 8.71. The molecule has 6 aromatic heterocycles. The van der Waals surface area contributed by atoms with Gasteiger partial charge in [-0.25, -0.2) is 0 Å². The molecular formula is C34H28N2S4. The zero-order valence-corrected chi connectivity index (χ0v) is 26.0. The van der Waals surface area contributed by atoms with Crippen LogP contribution in [0.5, 0.6) is 0 Å². The van der Waals surface area contributed by atoms with Gasteiger partial charge >= 0.3 is 0 Å². The van der Waals surface area contributed by atoms with Crippen LogP contribution in [-0.2, 0) is 0 Å². The molecule has 198 valence electrons. The smallest absolute Gasteiger partial charge is 0.0635 e. The lowest BCUT2D eigenvalue weighted by atomic mass is 10.2. The minimum Gasteiger partial charge on any atom is -0.308 e. The first-order chi connectivity index (χ1) is 19.4. The molecule has 0 aliphatic rings. The van der Waals surface area contributed by atoms with Crippen LogP contribution in [0.4, 0.5) is 0 Å². The Labute approximate surface area is 251 Å². The van der Waals surface area contributed by atoms with E-state index in [-0.39, 0.29) is 0 Å². The quantitative estimate of drug-likeness (QED) is 0.182. The first kappa shape index (κ1) is 25.5. The molecule has 2 nitrogen and oxygen atoms in total. The predicted molar refractivity (Wildman–Crippen MR) is 177 cm³/mol. The highest BCUT2D eigenvalue weighted by Crippen LogP contribution is 2.40. The largest absolute Gasteiger partial charge is 0.308 e. The van der Waals surface area contributed by atoms with E-state index in [4.69, 9.17) is 0 Å². The molecule has 0 aliphatic heterocycles. The molecule has 0 amide bonds. The lowest BCUT2D eigenvalue weighted by Gasteiger charge is -2.16. The monoisotopic (exact) mass is 592 g/mol. The second kappa shape index (κ2) is 10.2. The third kappa shape index (κ3) is 4.55. The SMILES string of the molecule is Cc1ccc(-c2ccc(-c3ccc(C)s3)n2-c2ccc(-n3c(-c4ccc(C)s4)ccc3-c3ccc(C)s3)cc2)s1. The number of rotatable bonds is 6. The van der Waals surface area contributed by atoms with E-state index in [0.29, 0.717) is 0 Å². The fourth-order valence-electron chi connectivity index (χ4n) is 5.24. The molecule has 0 saturated carbocycles. The summed E-state index contributed by atoms with van der Waals surface area (Å²) in [5.41, 5.74) is 7.28. The number of hydrogen-bond acceptors (Lipinski definition) is 4. The molecule has 1 aromatic carbocycles. The maximum absolute atomic E-state index is 2.42.